The number of carbonyl (C=O) groups is 1. The van der Waals surface area contributed by atoms with E-state index in [0.717, 1.165) is 16.9 Å². The van der Waals surface area contributed by atoms with Crippen LogP contribution in [0, 0.1) is 13.8 Å². The fourth-order valence-corrected chi connectivity index (χ4v) is 2.85. The van der Waals surface area contributed by atoms with Gasteiger partial charge in [0.05, 0.1) is 37.4 Å². The van der Waals surface area contributed by atoms with Crippen molar-refractivity contribution in [1.29, 1.82) is 0 Å². The molecule has 0 bridgehead atoms. The first kappa shape index (κ1) is 19.2. The molecule has 0 aliphatic heterocycles. The van der Waals surface area contributed by atoms with Gasteiger partial charge < -0.3 is 20.1 Å². The van der Waals surface area contributed by atoms with Crippen LogP contribution in [0.3, 0.4) is 0 Å². The van der Waals surface area contributed by atoms with Crippen LogP contribution in [0.2, 0.25) is 0 Å². The largest absolute Gasteiger partial charge is 0.497 e. The molecule has 6 nitrogen and oxygen atoms in total. The third-order valence-electron chi connectivity index (χ3n) is 4.32. The molecule has 0 fully saturated rings. The minimum absolute atomic E-state index is 0.289. The van der Waals surface area contributed by atoms with E-state index in [-0.39, 0.29) is 5.91 Å². The number of aromatic nitrogens is 1. The molecule has 0 aliphatic carbocycles. The second kappa shape index (κ2) is 8.43. The number of aryl methyl sites for hydroxylation is 2. The normalized spacial score (nSPS) is 10.3. The summed E-state index contributed by atoms with van der Waals surface area (Å²) >= 11 is 0. The van der Waals surface area contributed by atoms with Crippen molar-refractivity contribution in [2.24, 2.45) is 0 Å². The number of hydrogen-bond donors (Lipinski definition) is 2. The Hall–Kier alpha value is -3.54. The van der Waals surface area contributed by atoms with Crippen LogP contribution < -0.4 is 20.1 Å². The Labute approximate surface area is 164 Å². The quantitative estimate of drug-likeness (QED) is 0.651. The van der Waals surface area contributed by atoms with Gasteiger partial charge in [0.15, 0.2) is 0 Å². The molecule has 3 aromatic rings. The first-order valence-electron chi connectivity index (χ1n) is 8.83. The Balaban J connectivity index is 1.81. The summed E-state index contributed by atoms with van der Waals surface area (Å²) in [7, 11) is 3.12. The third kappa shape index (κ3) is 4.40. The molecule has 0 saturated heterocycles. The van der Waals surface area contributed by atoms with Crippen molar-refractivity contribution in [3.05, 3.63) is 71.5 Å². The predicted octanol–water partition coefficient (Wildman–Crippen LogP) is 4.71. The molecule has 0 spiro atoms. The summed E-state index contributed by atoms with van der Waals surface area (Å²) in [4.78, 5) is 16.9. The van der Waals surface area contributed by atoms with Crippen molar-refractivity contribution in [3.63, 3.8) is 0 Å². The van der Waals surface area contributed by atoms with E-state index >= 15 is 0 Å². The number of carbonyl (C=O) groups excluding carboxylic acids is 1. The zero-order valence-corrected chi connectivity index (χ0v) is 16.4. The number of nitrogens with zero attached hydrogens (tertiary/aromatic N) is 1. The number of amides is 1. The molecule has 1 aromatic heterocycles. The molecule has 0 saturated carbocycles. The minimum Gasteiger partial charge on any atom is -0.497 e. The molecule has 3 rings (SSSR count). The van der Waals surface area contributed by atoms with Crippen molar-refractivity contribution < 1.29 is 14.3 Å². The molecule has 0 unspecified atom stereocenters. The van der Waals surface area contributed by atoms with Gasteiger partial charge in [-0.05, 0) is 43.7 Å². The molecule has 144 valence electrons. The summed E-state index contributed by atoms with van der Waals surface area (Å²) in [5.41, 5.74) is 4.98. The monoisotopic (exact) mass is 377 g/mol. The summed E-state index contributed by atoms with van der Waals surface area (Å²) in [5.74, 6) is 0.884. The van der Waals surface area contributed by atoms with E-state index < -0.39 is 0 Å². The Morgan fingerprint density at radius 3 is 2.46 bits per heavy atom. The topological polar surface area (TPSA) is 72.5 Å². The number of hydrogen-bond acceptors (Lipinski definition) is 5. The van der Waals surface area contributed by atoms with Crippen molar-refractivity contribution in [2.75, 3.05) is 24.9 Å². The average molecular weight is 377 g/mol. The lowest BCUT2D eigenvalue weighted by Crippen LogP contribution is -2.13. The van der Waals surface area contributed by atoms with Gasteiger partial charge in [-0.1, -0.05) is 17.7 Å². The SMILES string of the molecule is COc1ccc(OC)c(NC(=O)c2cncc(Nc3ccc(C)cc3C)c2)c1. The summed E-state index contributed by atoms with van der Waals surface area (Å²) in [6.45, 7) is 4.09. The van der Waals surface area contributed by atoms with Crippen LogP contribution in [0.15, 0.2) is 54.9 Å². The highest BCUT2D eigenvalue weighted by Crippen LogP contribution is 2.29. The van der Waals surface area contributed by atoms with Crippen LogP contribution in [0.25, 0.3) is 0 Å². The van der Waals surface area contributed by atoms with Gasteiger partial charge in [0.25, 0.3) is 5.91 Å². The van der Waals surface area contributed by atoms with Gasteiger partial charge in [-0.2, -0.15) is 0 Å². The van der Waals surface area contributed by atoms with E-state index in [0.29, 0.717) is 22.7 Å². The highest BCUT2D eigenvalue weighted by Gasteiger charge is 2.12. The molecule has 6 heteroatoms. The van der Waals surface area contributed by atoms with Crippen LogP contribution in [-0.2, 0) is 0 Å². The zero-order valence-electron chi connectivity index (χ0n) is 16.4. The molecular weight excluding hydrogens is 354 g/mol. The van der Waals surface area contributed by atoms with Crippen molar-refractivity contribution >= 4 is 23.0 Å². The van der Waals surface area contributed by atoms with Gasteiger partial charge in [0.1, 0.15) is 11.5 Å². The Kier molecular flexibility index (Phi) is 5.79. The Morgan fingerprint density at radius 2 is 1.75 bits per heavy atom. The number of methoxy groups -OCH3 is 2. The lowest BCUT2D eigenvalue weighted by Gasteiger charge is -2.13. The highest BCUT2D eigenvalue weighted by molar-refractivity contribution is 6.05. The summed E-state index contributed by atoms with van der Waals surface area (Å²) in [6.07, 6.45) is 3.21. The van der Waals surface area contributed by atoms with Crippen molar-refractivity contribution in [3.8, 4) is 11.5 Å². The number of ether oxygens (including phenoxy) is 2. The first-order valence-corrected chi connectivity index (χ1v) is 8.83. The van der Waals surface area contributed by atoms with E-state index in [1.54, 1.807) is 44.7 Å². The van der Waals surface area contributed by atoms with Crippen LogP contribution in [0.1, 0.15) is 21.5 Å². The van der Waals surface area contributed by atoms with Crippen molar-refractivity contribution in [1.82, 2.24) is 4.98 Å². The van der Waals surface area contributed by atoms with Gasteiger partial charge in [0, 0.05) is 18.0 Å². The predicted molar refractivity (Wildman–Crippen MR) is 111 cm³/mol. The first-order chi connectivity index (χ1) is 13.5. The molecule has 0 atom stereocenters. The Bertz CT molecular complexity index is 1000. The number of benzene rings is 2. The molecule has 0 aliphatic rings. The molecule has 0 radical (unpaired) electrons. The molecule has 1 heterocycles. The summed E-state index contributed by atoms with van der Waals surface area (Å²) in [5, 5.41) is 6.16. The van der Waals surface area contributed by atoms with Gasteiger partial charge in [-0.3, -0.25) is 9.78 Å². The minimum atomic E-state index is -0.289. The molecule has 28 heavy (non-hydrogen) atoms. The zero-order chi connectivity index (χ0) is 20.1. The lowest BCUT2D eigenvalue weighted by molar-refractivity contribution is 0.102. The van der Waals surface area contributed by atoms with E-state index in [1.807, 2.05) is 19.1 Å². The molecule has 2 aromatic carbocycles. The smallest absolute Gasteiger partial charge is 0.257 e. The van der Waals surface area contributed by atoms with E-state index in [4.69, 9.17) is 9.47 Å². The maximum atomic E-state index is 12.7. The number of rotatable bonds is 6. The van der Waals surface area contributed by atoms with Crippen LogP contribution in [0.4, 0.5) is 17.1 Å². The molecular formula is C22H23N3O3. The standard InChI is InChI=1S/C22H23N3O3/c1-14-5-7-19(15(2)9-14)24-17-10-16(12-23-13-17)22(26)25-20-11-18(27-3)6-8-21(20)28-4/h5-13,24H,1-4H3,(H,25,26). The maximum absolute atomic E-state index is 12.7. The van der Waals surface area contributed by atoms with Crippen LogP contribution >= 0.6 is 0 Å². The Morgan fingerprint density at radius 1 is 0.929 bits per heavy atom. The second-order valence-corrected chi connectivity index (χ2v) is 6.43. The second-order valence-electron chi connectivity index (χ2n) is 6.43. The van der Waals surface area contributed by atoms with Crippen LogP contribution in [0.5, 0.6) is 11.5 Å². The average Bonchev–Trinajstić information content (AvgIpc) is 2.70. The molecule has 2 N–H and O–H groups in total. The van der Waals surface area contributed by atoms with Gasteiger partial charge in [-0.25, -0.2) is 0 Å². The third-order valence-corrected chi connectivity index (χ3v) is 4.32. The fourth-order valence-electron chi connectivity index (χ4n) is 2.85. The summed E-state index contributed by atoms with van der Waals surface area (Å²) in [6, 6.07) is 13.1. The number of nitrogens with one attached hydrogen (secondary N) is 2. The maximum Gasteiger partial charge on any atom is 0.257 e. The van der Waals surface area contributed by atoms with Crippen LogP contribution in [-0.4, -0.2) is 25.1 Å². The van der Waals surface area contributed by atoms with E-state index in [2.05, 4.69) is 28.6 Å². The summed E-state index contributed by atoms with van der Waals surface area (Å²) < 4.78 is 10.5. The van der Waals surface area contributed by atoms with Gasteiger partial charge >= 0.3 is 0 Å². The molecule has 1 amide bonds. The van der Waals surface area contributed by atoms with Gasteiger partial charge in [-0.15, -0.1) is 0 Å². The highest BCUT2D eigenvalue weighted by atomic mass is 16.5. The van der Waals surface area contributed by atoms with Crippen molar-refractivity contribution in [2.45, 2.75) is 13.8 Å². The lowest BCUT2D eigenvalue weighted by atomic mass is 10.1. The fraction of sp³-hybridized carbons (Fsp3) is 0.182. The van der Waals surface area contributed by atoms with Gasteiger partial charge in [0.2, 0.25) is 0 Å². The van der Waals surface area contributed by atoms with E-state index in [9.17, 15) is 4.79 Å². The number of pyridine rings is 1. The van der Waals surface area contributed by atoms with E-state index in [1.165, 1.54) is 11.8 Å². The number of anilines is 3.